The molecule has 0 heterocycles. The highest BCUT2D eigenvalue weighted by Gasteiger charge is 2.16. The number of phenols is 1. The Morgan fingerprint density at radius 1 is 1.00 bits per heavy atom. The molecule has 4 heteroatoms. The average molecular weight is 283 g/mol. The Hall–Kier alpha value is -1.22. The lowest BCUT2D eigenvalue weighted by Gasteiger charge is -2.15. The maximum atomic E-state index is 10.3. The molecule has 2 N–H and O–H groups in total. The summed E-state index contributed by atoms with van der Waals surface area (Å²) in [5.41, 5.74) is 1.67. The second kappa shape index (κ2) is 5.19. The van der Waals surface area contributed by atoms with Gasteiger partial charge < -0.3 is 10.2 Å². The lowest BCUT2D eigenvalue weighted by atomic mass is 9.99. The lowest BCUT2D eigenvalue weighted by molar-refractivity contribution is 0.215. The van der Waals surface area contributed by atoms with Gasteiger partial charge in [0.05, 0.1) is 0 Å². The van der Waals surface area contributed by atoms with Gasteiger partial charge in [0.15, 0.2) is 0 Å². The summed E-state index contributed by atoms with van der Waals surface area (Å²) in [6.45, 7) is 1.74. The van der Waals surface area contributed by atoms with Gasteiger partial charge in [0.2, 0.25) is 0 Å². The molecule has 0 spiro atoms. The van der Waals surface area contributed by atoms with Crippen LogP contribution in [0.25, 0.3) is 0 Å². The quantitative estimate of drug-likeness (QED) is 0.871. The molecule has 2 nitrogen and oxygen atoms in total. The van der Waals surface area contributed by atoms with Crippen molar-refractivity contribution < 1.29 is 10.2 Å². The van der Waals surface area contributed by atoms with Crippen LogP contribution in [0, 0.1) is 6.92 Å². The van der Waals surface area contributed by atoms with E-state index in [1.54, 1.807) is 43.3 Å². The molecule has 0 fully saturated rings. The first-order chi connectivity index (χ1) is 8.49. The minimum Gasteiger partial charge on any atom is -0.507 e. The molecule has 0 radical (unpaired) electrons. The normalized spacial score (nSPS) is 12.4. The van der Waals surface area contributed by atoms with Crippen LogP contribution in [0.1, 0.15) is 22.8 Å². The number of aliphatic hydroxyl groups excluding tert-OH is 1. The monoisotopic (exact) mass is 282 g/mol. The smallest absolute Gasteiger partial charge is 0.124 e. The second-order valence-electron chi connectivity index (χ2n) is 4.11. The zero-order valence-corrected chi connectivity index (χ0v) is 11.2. The van der Waals surface area contributed by atoms with E-state index >= 15 is 0 Å². The topological polar surface area (TPSA) is 40.5 Å². The number of aryl methyl sites for hydroxylation is 1. The van der Waals surface area contributed by atoms with Gasteiger partial charge >= 0.3 is 0 Å². The molecule has 2 aromatic carbocycles. The van der Waals surface area contributed by atoms with Crippen LogP contribution in [-0.4, -0.2) is 10.2 Å². The number of halogens is 2. The molecule has 0 bridgehead atoms. The highest BCUT2D eigenvalue weighted by Crippen LogP contribution is 2.34. The first-order valence-electron chi connectivity index (χ1n) is 5.41. The number of rotatable bonds is 2. The van der Waals surface area contributed by atoms with Gasteiger partial charge in [-0.15, -0.1) is 0 Å². The molecule has 1 unspecified atom stereocenters. The van der Waals surface area contributed by atoms with E-state index in [4.69, 9.17) is 23.2 Å². The highest BCUT2D eigenvalue weighted by atomic mass is 35.5. The summed E-state index contributed by atoms with van der Waals surface area (Å²) < 4.78 is 0. The minimum absolute atomic E-state index is 0.0573. The molecule has 0 saturated heterocycles. The summed E-state index contributed by atoms with van der Waals surface area (Å²) in [6.07, 6.45) is -0.931. The van der Waals surface area contributed by atoms with Gasteiger partial charge in [0.1, 0.15) is 11.9 Å². The third-order valence-corrected chi connectivity index (χ3v) is 3.25. The largest absolute Gasteiger partial charge is 0.507 e. The van der Waals surface area contributed by atoms with Crippen LogP contribution >= 0.6 is 23.2 Å². The number of benzene rings is 2. The van der Waals surface area contributed by atoms with Gasteiger partial charge in [-0.2, -0.15) is 0 Å². The molecule has 2 rings (SSSR count). The molecule has 18 heavy (non-hydrogen) atoms. The SMILES string of the molecule is Cc1cc(Cl)cc(C(O)c2ccc(Cl)cc2)c1O. The van der Waals surface area contributed by atoms with Gasteiger partial charge in [-0.3, -0.25) is 0 Å². The third-order valence-electron chi connectivity index (χ3n) is 2.78. The summed E-state index contributed by atoms with van der Waals surface area (Å²) in [6, 6.07) is 10.0. The van der Waals surface area contributed by atoms with E-state index in [0.29, 0.717) is 26.7 Å². The molecule has 2 aromatic rings. The van der Waals surface area contributed by atoms with E-state index in [-0.39, 0.29) is 5.75 Å². The average Bonchev–Trinajstić information content (AvgIpc) is 2.34. The minimum atomic E-state index is -0.931. The van der Waals surface area contributed by atoms with Gasteiger partial charge in [0, 0.05) is 15.6 Å². The lowest BCUT2D eigenvalue weighted by Crippen LogP contribution is -2.00. The zero-order chi connectivity index (χ0) is 13.3. The standard InChI is InChI=1S/C14H12Cl2O2/c1-8-6-11(16)7-12(13(8)17)14(18)9-2-4-10(15)5-3-9/h2-7,14,17-18H,1H3. The molecule has 0 aromatic heterocycles. The predicted octanol–water partition coefficient (Wildman–Crippen LogP) is 4.09. The molecule has 0 aliphatic heterocycles. The van der Waals surface area contributed by atoms with Crippen molar-refractivity contribution in [2.75, 3.05) is 0 Å². The second-order valence-corrected chi connectivity index (χ2v) is 4.99. The molecule has 0 aliphatic rings. The summed E-state index contributed by atoms with van der Waals surface area (Å²) in [5.74, 6) is 0.0573. The van der Waals surface area contributed by atoms with E-state index in [9.17, 15) is 10.2 Å². The number of aliphatic hydroxyl groups is 1. The van der Waals surface area contributed by atoms with Crippen molar-refractivity contribution in [3.63, 3.8) is 0 Å². The van der Waals surface area contributed by atoms with Crippen LogP contribution in [-0.2, 0) is 0 Å². The van der Waals surface area contributed by atoms with Crippen molar-refractivity contribution in [1.82, 2.24) is 0 Å². The summed E-state index contributed by atoms with van der Waals surface area (Å²) in [4.78, 5) is 0. The van der Waals surface area contributed by atoms with E-state index in [0.717, 1.165) is 0 Å². The summed E-state index contributed by atoms with van der Waals surface area (Å²) in [5, 5.41) is 21.3. The predicted molar refractivity (Wildman–Crippen MR) is 73.4 cm³/mol. The number of phenolic OH excluding ortho intramolecular Hbond substituents is 1. The van der Waals surface area contributed by atoms with E-state index in [1.807, 2.05) is 0 Å². The van der Waals surface area contributed by atoms with Crippen LogP contribution in [0.4, 0.5) is 0 Å². The number of aromatic hydroxyl groups is 1. The number of hydrogen-bond acceptors (Lipinski definition) is 2. The summed E-state index contributed by atoms with van der Waals surface area (Å²) >= 11 is 11.7. The Balaban J connectivity index is 2.45. The Bertz CT molecular complexity index is 565. The van der Waals surface area contributed by atoms with Crippen LogP contribution in [0.5, 0.6) is 5.75 Å². The fraction of sp³-hybridized carbons (Fsp3) is 0.143. The van der Waals surface area contributed by atoms with Crippen molar-refractivity contribution in [1.29, 1.82) is 0 Å². The van der Waals surface area contributed by atoms with Gasteiger partial charge in [-0.25, -0.2) is 0 Å². The molecule has 94 valence electrons. The molecule has 0 saturated carbocycles. The van der Waals surface area contributed by atoms with Crippen molar-refractivity contribution in [2.45, 2.75) is 13.0 Å². The fourth-order valence-corrected chi connectivity index (χ4v) is 2.20. The van der Waals surface area contributed by atoms with Crippen LogP contribution < -0.4 is 0 Å². The fourth-order valence-electron chi connectivity index (χ4n) is 1.79. The Morgan fingerprint density at radius 3 is 2.22 bits per heavy atom. The molecule has 0 aliphatic carbocycles. The van der Waals surface area contributed by atoms with Gasteiger partial charge in [-0.05, 0) is 42.3 Å². The molecule has 1 atom stereocenters. The van der Waals surface area contributed by atoms with Crippen LogP contribution in [0.3, 0.4) is 0 Å². The van der Waals surface area contributed by atoms with Crippen molar-refractivity contribution in [3.05, 3.63) is 63.1 Å². The van der Waals surface area contributed by atoms with Crippen molar-refractivity contribution in [3.8, 4) is 5.75 Å². The van der Waals surface area contributed by atoms with Crippen molar-refractivity contribution in [2.24, 2.45) is 0 Å². The maximum Gasteiger partial charge on any atom is 0.124 e. The Kier molecular flexibility index (Phi) is 3.81. The molecular weight excluding hydrogens is 271 g/mol. The van der Waals surface area contributed by atoms with E-state index in [2.05, 4.69) is 0 Å². The molecular formula is C14H12Cl2O2. The summed E-state index contributed by atoms with van der Waals surface area (Å²) in [7, 11) is 0. The van der Waals surface area contributed by atoms with Gasteiger partial charge in [0.25, 0.3) is 0 Å². The number of hydrogen-bond donors (Lipinski definition) is 2. The highest BCUT2D eigenvalue weighted by molar-refractivity contribution is 6.31. The van der Waals surface area contributed by atoms with Crippen molar-refractivity contribution >= 4 is 23.2 Å². The van der Waals surface area contributed by atoms with E-state index in [1.165, 1.54) is 0 Å². The third kappa shape index (κ3) is 2.61. The van der Waals surface area contributed by atoms with E-state index < -0.39 is 6.10 Å². The Morgan fingerprint density at radius 2 is 1.61 bits per heavy atom. The zero-order valence-electron chi connectivity index (χ0n) is 9.69. The Labute approximate surface area is 115 Å². The van der Waals surface area contributed by atoms with Gasteiger partial charge in [-0.1, -0.05) is 35.3 Å². The maximum absolute atomic E-state index is 10.3. The van der Waals surface area contributed by atoms with Crippen LogP contribution in [0.2, 0.25) is 10.0 Å². The first-order valence-corrected chi connectivity index (χ1v) is 6.17. The molecule has 0 amide bonds. The van der Waals surface area contributed by atoms with Crippen LogP contribution in [0.15, 0.2) is 36.4 Å². The first kappa shape index (κ1) is 13.2.